The van der Waals surface area contributed by atoms with Crippen molar-refractivity contribution in [2.45, 2.75) is 30.1 Å². The highest BCUT2D eigenvalue weighted by molar-refractivity contribution is 7.91. The van der Waals surface area contributed by atoms with Crippen LogP contribution in [0, 0.1) is 6.92 Å². The number of sulfonamides is 1. The molecule has 1 aliphatic rings. The maximum absolute atomic E-state index is 12.5. The molecule has 0 atom stereocenters. The lowest BCUT2D eigenvalue weighted by atomic mass is 10.1. The van der Waals surface area contributed by atoms with Crippen LogP contribution in [0.15, 0.2) is 34.9 Å². The van der Waals surface area contributed by atoms with E-state index in [1.54, 1.807) is 18.3 Å². The number of rotatable bonds is 4. The molecule has 0 bridgehead atoms. The van der Waals surface area contributed by atoms with Gasteiger partial charge in [0.15, 0.2) is 0 Å². The van der Waals surface area contributed by atoms with Gasteiger partial charge in [-0.15, -0.1) is 11.3 Å². The Morgan fingerprint density at radius 1 is 1.27 bits per heavy atom. The Labute approximate surface area is 133 Å². The summed E-state index contributed by atoms with van der Waals surface area (Å²) in [7, 11) is -3.37. The Hall–Kier alpha value is -1.51. The molecule has 2 aromatic heterocycles. The van der Waals surface area contributed by atoms with Crippen LogP contribution >= 0.6 is 11.3 Å². The molecule has 0 aromatic carbocycles. The van der Waals surface area contributed by atoms with Gasteiger partial charge < -0.3 is 4.74 Å². The number of ether oxygens (including phenoxy) is 1. The van der Waals surface area contributed by atoms with Crippen LogP contribution in [0.2, 0.25) is 0 Å². The topological polar surface area (TPSA) is 72.4 Å². The molecule has 0 N–H and O–H groups in total. The molecule has 3 heterocycles. The lowest BCUT2D eigenvalue weighted by Crippen LogP contribution is -2.41. The van der Waals surface area contributed by atoms with Crippen molar-refractivity contribution in [3.8, 4) is 5.88 Å². The van der Waals surface area contributed by atoms with Crippen molar-refractivity contribution in [1.29, 1.82) is 0 Å². The summed E-state index contributed by atoms with van der Waals surface area (Å²) in [6.45, 7) is 2.84. The first kappa shape index (κ1) is 15.4. The van der Waals surface area contributed by atoms with Gasteiger partial charge in [0.2, 0.25) is 5.88 Å². The van der Waals surface area contributed by atoms with E-state index in [9.17, 15) is 8.42 Å². The summed E-state index contributed by atoms with van der Waals surface area (Å²) >= 11 is 1.31. The summed E-state index contributed by atoms with van der Waals surface area (Å²) in [5.41, 5.74) is 0. The van der Waals surface area contributed by atoms with E-state index in [1.165, 1.54) is 22.0 Å². The van der Waals surface area contributed by atoms with Gasteiger partial charge >= 0.3 is 0 Å². The molecule has 1 saturated heterocycles. The second kappa shape index (κ2) is 6.31. The Morgan fingerprint density at radius 2 is 2.05 bits per heavy atom. The van der Waals surface area contributed by atoms with E-state index in [2.05, 4.69) is 9.97 Å². The summed E-state index contributed by atoms with van der Waals surface area (Å²) in [6.07, 6.45) is 4.38. The molecular formula is C14H17N3O3S2. The fourth-order valence-corrected chi connectivity index (χ4v) is 5.29. The Bertz CT molecular complexity index is 723. The van der Waals surface area contributed by atoms with Crippen molar-refractivity contribution >= 4 is 21.4 Å². The molecule has 0 unspecified atom stereocenters. The number of nitrogens with zero attached hydrogens (tertiary/aromatic N) is 3. The molecule has 22 heavy (non-hydrogen) atoms. The van der Waals surface area contributed by atoms with Crippen LogP contribution in [0.1, 0.15) is 17.7 Å². The van der Waals surface area contributed by atoms with Crippen molar-refractivity contribution in [2.75, 3.05) is 13.1 Å². The Morgan fingerprint density at radius 3 is 2.64 bits per heavy atom. The van der Waals surface area contributed by atoms with E-state index >= 15 is 0 Å². The van der Waals surface area contributed by atoms with Gasteiger partial charge in [-0.3, -0.25) is 0 Å². The number of piperidine rings is 1. The monoisotopic (exact) mass is 339 g/mol. The highest BCUT2D eigenvalue weighted by atomic mass is 32.2. The quantitative estimate of drug-likeness (QED) is 0.853. The van der Waals surface area contributed by atoms with E-state index in [4.69, 9.17) is 4.74 Å². The van der Waals surface area contributed by atoms with Crippen molar-refractivity contribution in [3.05, 3.63) is 35.6 Å². The normalized spacial score (nSPS) is 17.5. The third-order valence-corrected chi connectivity index (χ3v) is 6.92. The molecular weight excluding hydrogens is 322 g/mol. The zero-order valence-corrected chi connectivity index (χ0v) is 13.8. The van der Waals surface area contributed by atoms with Crippen LogP contribution in [0.25, 0.3) is 0 Å². The van der Waals surface area contributed by atoms with Gasteiger partial charge in [0, 0.05) is 30.2 Å². The van der Waals surface area contributed by atoms with Gasteiger partial charge in [-0.2, -0.15) is 4.31 Å². The second-order valence-electron chi connectivity index (χ2n) is 5.13. The van der Waals surface area contributed by atoms with Crippen molar-refractivity contribution < 1.29 is 13.2 Å². The van der Waals surface area contributed by atoms with Crippen LogP contribution in [-0.2, 0) is 10.0 Å². The van der Waals surface area contributed by atoms with E-state index < -0.39 is 10.0 Å². The fourth-order valence-electron chi connectivity index (χ4n) is 2.39. The first-order valence-corrected chi connectivity index (χ1v) is 9.30. The third-order valence-electron chi connectivity index (χ3n) is 3.55. The lowest BCUT2D eigenvalue weighted by molar-refractivity contribution is 0.130. The van der Waals surface area contributed by atoms with Gasteiger partial charge in [0.05, 0.1) is 0 Å². The molecule has 0 saturated carbocycles. The fraction of sp³-hybridized carbons (Fsp3) is 0.429. The van der Waals surface area contributed by atoms with Crippen LogP contribution in [0.5, 0.6) is 5.88 Å². The number of hydrogen-bond donors (Lipinski definition) is 0. The average molecular weight is 339 g/mol. The smallest absolute Gasteiger partial charge is 0.252 e. The molecule has 0 aliphatic carbocycles. The molecule has 0 spiro atoms. The lowest BCUT2D eigenvalue weighted by Gasteiger charge is -2.30. The number of aryl methyl sites for hydroxylation is 1. The van der Waals surface area contributed by atoms with Gasteiger partial charge in [0.25, 0.3) is 10.0 Å². The Kier molecular flexibility index (Phi) is 4.42. The van der Waals surface area contributed by atoms with Gasteiger partial charge in [-0.1, -0.05) is 0 Å². The van der Waals surface area contributed by atoms with Gasteiger partial charge in [-0.25, -0.2) is 18.4 Å². The van der Waals surface area contributed by atoms with Crippen LogP contribution in [0.3, 0.4) is 0 Å². The summed E-state index contributed by atoms with van der Waals surface area (Å²) in [5.74, 6) is 0.533. The first-order valence-electron chi connectivity index (χ1n) is 7.05. The maximum atomic E-state index is 12.5. The van der Waals surface area contributed by atoms with E-state index in [-0.39, 0.29) is 6.10 Å². The summed E-state index contributed by atoms with van der Waals surface area (Å²) in [6, 6.07) is 5.22. The highest BCUT2D eigenvalue weighted by Crippen LogP contribution is 2.27. The minimum atomic E-state index is -3.37. The Balaban J connectivity index is 1.62. The molecule has 3 rings (SSSR count). The van der Waals surface area contributed by atoms with Crippen LogP contribution < -0.4 is 4.74 Å². The first-order chi connectivity index (χ1) is 10.6. The maximum Gasteiger partial charge on any atom is 0.252 e. The summed E-state index contributed by atoms with van der Waals surface area (Å²) < 4.78 is 32.8. The molecule has 1 fully saturated rings. The zero-order chi connectivity index (χ0) is 15.6. The molecule has 6 nitrogen and oxygen atoms in total. The van der Waals surface area contributed by atoms with E-state index in [0.29, 0.717) is 36.0 Å². The summed E-state index contributed by atoms with van der Waals surface area (Å²) in [5, 5.41) is 0. The predicted molar refractivity (Wildman–Crippen MR) is 83.5 cm³/mol. The van der Waals surface area contributed by atoms with Crippen LogP contribution in [0.4, 0.5) is 0 Å². The predicted octanol–water partition coefficient (Wildman–Crippen LogP) is 2.08. The van der Waals surface area contributed by atoms with Gasteiger partial charge in [-0.05, 0) is 31.9 Å². The van der Waals surface area contributed by atoms with Gasteiger partial charge in [0.1, 0.15) is 16.6 Å². The van der Waals surface area contributed by atoms with Crippen LogP contribution in [-0.4, -0.2) is 41.9 Å². The van der Waals surface area contributed by atoms with Crippen molar-refractivity contribution in [1.82, 2.24) is 14.3 Å². The number of hydrogen-bond acceptors (Lipinski definition) is 6. The summed E-state index contributed by atoms with van der Waals surface area (Å²) in [4.78, 5) is 8.87. The minimum absolute atomic E-state index is 0.00794. The molecule has 0 amide bonds. The SMILES string of the molecule is Cc1ccc(S(=O)(=O)N2CCC(Oc3ccncn3)CC2)s1. The second-order valence-corrected chi connectivity index (χ2v) is 8.59. The largest absolute Gasteiger partial charge is 0.474 e. The number of thiophene rings is 1. The average Bonchev–Trinajstić information content (AvgIpc) is 2.96. The highest BCUT2D eigenvalue weighted by Gasteiger charge is 2.31. The van der Waals surface area contributed by atoms with Crippen molar-refractivity contribution in [2.24, 2.45) is 0 Å². The van der Waals surface area contributed by atoms with E-state index in [1.807, 2.05) is 13.0 Å². The minimum Gasteiger partial charge on any atom is -0.474 e. The number of aromatic nitrogens is 2. The molecule has 8 heteroatoms. The van der Waals surface area contributed by atoms with E-state index in [0.717, 1.165) is 4.88 Å². The van der Waals surface area contributed by atoms with Crippen molar-refractivity contribution in [3.63, 3.8) is 0 Å². The molecule has 1 aliphatic heterocycles. The molecule has 118 valence electrons. The standard InChI is InChI=1S/C14H17N3O3S2/c1-11-2-3-14(21-11)22(18,19)17-8-5-12(6-9-17)20-13-4-7-15-10-16-13/h2-4,7,10,12H,5-6,8-9H2,1H3. The third kappa shape index (κ3) is 3.29. The zero-order valence-electron chi connectivity index (χ0n) is 12.2. The molecule has 2 aromatic rings. The molecule has 0 radical (unpaired) electrons.